The molecule has 0 radical (unpaired) electrons. The molecular formula is C14H25N3. The molecule has 0 aromatic heterocycles. The third-order valence-corrected chi connectivity index (χ3v) is 4.67. The van der Waals surface area contributed by atoms with Crippen LogP contribution in [0, 0.1) is 16.7 Å². The Morgan fingerprint density at radius 2 is 2.06 bits per heavy atom. The fourth-order valence-corrected chi connectivity index (χ4v) is 3.51. The van der Waals surface area contributed by atoms with E-state index in [1.165, 1.54) is 51.6 Å². The number of rotatable bonds is 4. The quantitative estimate of drug-likeness (QED) is 0.811. The topological polar surface area (TPSA) is 39.1 Å². The minimum absolute atomic E-state index is 0.0258. The van der Waals surface area contributed by atoms with Crippen LogP contribution in [0.1, 0.15) is 44.9 Å². The zero-order valence-corrected chi connectivity index (χ0v) is 11.0. The molecule has 1 atom stereocenters. The van der Waals surface area contributed by atoms with Gasteiger partial charge in [0.15, 0.2) is 0 Å². The summed E-state index contributed by atoms with van der Waals surface area (Å²) < 4.78 is 0. The Bertz CT molecular complexity index is 276. The first-order chi connectivity index (χ1) is 8.28. The van der Waals surface area contributed by atoms with E-state index in [1.54, 1.807) is 0 Å². The molecule has 17 heavy (non-hydrogen) atoms. The van der Waals surface area contributed by atoms with E-state index in [0.29, 0.717) is 5.41 Å². The lowest BCUT2D eigenvalue weighted by atomic mass is 9.73. The first-order valence-electron chi connectivity index (χ1n) is 7.07. The van der Waals surface area contributed by atoms with Crippen molar-refractivity contribution in [2.45, 2.75) is 51.0 Å². The average molecular weight is 235 g/mol. The SMILES string of the molecule is CNC(C#N)CCN1CCC2(CCCCC2)C1. The summed E-state index contributed by atoms with van der Waals surface area (Å²) in [6.07, 6.45) is 9.55. The van der Waals surface area contributed by atoms with Gasteiger partial charge in [-0.25, -0.2) is 0 Å². The summed E-state index contributed by atoms with van der Waals surface area (Å²) in [4.78, 5) is 2.58. The molecule has 2 aliphatic rings. The van der Waals surface area contributed by atoms with E-state index >= 15 is 0 Å². The van der Waals surface area contributed by atoms with Crippen molar-refractivity contribution in [1.82, 2.24) is 10.2 Å². The molecule has 0 aromatic carbocycles. The van der Waals surface area contributed by atoms with Crippen LogP contribution in [-0.2, 0) is 0 Å². The van der Waals surface area contributed by atoms with E-state index in [-0.39, 0.29) is 6.04 Å². The molecule has 1 aliphatic heterocycles. The second kappa shape index (κ2) is 5.84. The molecule has 1 N–H and O–H groups in total. The second-order valence-electron chi connectivity index (χ2n) is 5.85. The van der Waals surface area contributed by atoms with Gasteiger partial charge < -0.3 is 10.2 Å². The summed E-state index contributed by atoms with van der Waals surface area (Å²) in [6, 6.07) is 2.33. The highest BCUT2D eigenvalue weighted by atomic mass is 15.2. The van der Waals surface area contributed by atoms with Gasteiger partial charge >= 0.3 is 0 Å². The van der Waals surface area contributed by atoms with Gasteiger partial charge in [0.25, 0.3) is 0 Å². The normalized spacial score (nSPS) is 25.9. The third-order valence-electron chi connectivity index (χ3n) is 4.67. The molecule has 1 saturated carbocycles. The molecule has 96 valence electrons. The fraction of sp³-hybridized carbons (Fsp3) is 0.929. The van der Waals surface area contributed by atoms with Crippen molar-refractivity contribution in [1.29, 1.82) is 5.26 Å². The number of nitrogens with one attached hydrogen (secondary N) is 1. The van der Waals surface area contributed by atoms with Gasteiger partial charge in [-0.1, -0.05) is 19.3 Å². The van der Waals surface area contributed by atoms with Crippen molar-refractivity contribution < 1.29 is 0 Å². The van der Waals surface area contributed by atoms with Crippen molar-refractivity contribution in [2.24, 2.45) is 5.41 Å². The van der Waals surface area contributed by atoms with Crippen LogP contribution in [0.2, 0.25) is 0 Å². The van der Waals surface area contributed by atoms with Crippen molar-refractivity contribution in [3.05, 3.63) is 0 Å². The summed E-state index contributed by atoms with van der Waals surface area (Å²) in [7, 11) is 1.88. The minimum atomic E-state index is 0.0258. The van der Waals surface area contributed by atoms with Gasteiger partial charge in [0.05, 0.1) is 12.1 Å². The first kappa shape index (κ1) is 12.9. The van der Waals surface area contributed by atoms with Gasteiger partial charge in [-0.05, 0) is 44.7 Å². The Hall–Kier alpha value is -0.590. The van der Waals surface area contributed by atoms with E-state index in [2.05, 4.69) is 16.3 Å². The van der Waals surface area contributed by atoms with E-state index < -0.39 is 0 Å². The third kappa shape index (κ3) is 3.20. The lowest BCUT2D eigenvalue weighted by molar-refractivity contribution is 0.184. The molecule has 3 nitrogen and oxygen atoms in total. The molecule has 0 bridgehead atoms. The summed E-state index contributed by atoms with van der Waals surface area (Å²) in [6.45, 7) is 3.62. The number of hydrogen-bond donors (Lipinski definition) is 1. The average Bonchev–Trinajstić information content (AvgIpc) is 2.75. The predicted molar refractivity (Wildman–Crippen MR) is 69.7 cm³/mol. The standard InChI is InChI=1S/C14H25N3/c1-16-13(11-15)5-9-17-10-8-14(12-17)6-3-2-4-7-14/h13,16H,2-10,12H2,1H3. The van der Waals surface area contributed by atoms with Crippen molar-refractivity contribution in [2.75, 3.05) is 26.7 Å². The van der Waals surface area contributed by atoms with Gasteiger partial charge in [0.2, 0.25) is 0 Å². The number of nitrogens with zero attached hydrogens (tertiary/aromatic N) is 2. The van der Waals surface area contributed by atoms with E-state index in [0.717, 1.165) is 13.0 Å². The Balaban J connectivity index is 1.76. The smallest absolute Gasteiger partial charge is 0.0962 e. The second-order valence-corrected chi connectivity index (χ2v) is 5.85. The van der Waals surface area contributed by atoms with Crippen LogP contribution in [0.3, 0.4) is 0 Å². The fourth-order valence-electron chi connectivity index (χ4n) is 3.51. The van der Waals surface area contributed by atoms with Crippen LogP contribution in [-0.4, -0.2) is 37.6 Å². The number of hydrogen-bond acceptors (Lipinski definition) is 3. The summed E-state index contributed by atoms with van der Waals surface area (Å²) in [5.41, 5.74) is 0.653. The molecule has 2 fully saturated rings. The maximum absolute atomic E-state index is 8.91. The molecular weight excluding hydrogens is 210 g/mol. The maximum Gasteiger partial charge on any atom is 0.0962 e. The molecule has 3 heteroatoms. The number of likely N-dealkylation sites (tertiary alicyclic amines) is 1. The molecule has 1 spiro atoms. The molecule has 1 heterocycles. The first-order valence-corrected chi connectivity index (χ1v) is 7.07. The van der Waals surface area contributed by atoms with Crippen molar-refractivity contribution >= 4 is 0 Å². The highest BCUT2D eigenvalue weighted by Crippen LogP contribution is 2.43. The summed E-state index contributed by atoms with van der Waals surface area (Å²) in [5, 5.41) is 12.0. The highest BCUT2D eigenvalue weighted by molar-refractivity contribution is 4.94. The lowest BCUT2D eigenvalue weighted by Crippen LogP contribution is -2.33. The zero-order valence-electron chi connectivity index (χ0n) is 11.0. The van der Waals surface area contributed by atoms with Crippen LogP contribution in [0.4, 0.5) is 0 Å². The molecule has 0 amide bonds. The molecule has 1 saturated heterocycles. The van der Waals surface area contributed by atoms with Crippen LogP contribution in [0.5, 0.6) is 0 Å². The molecule has 1 aliphatic carbocycles. The van der Waals surface area contributed by atoms with Crippen molar-refractivity contribution in [3.8, 4) is 6.07 Å². The van der Waals surface area contributed by atoms with Gasteiger partial charge in [0, 0.05) is 13.1 Å². The maximum atomic E-state index is 8.91. The van der Waals surface area contributed by atoms with E-state index in [1.807, 2.05) is 7.05 Å². The van der Waals surface area contributed by atoms with Crippen LogP contribution in [0.15, 0.2) is 0 Å². The minimum Gasteiger partial charge on any atom is -0.305 e. The molecule has 1 unspecified atom stereocenters. The summed E-state index contributed by atoms with van der Waals surface area (Å²) >= 11 is 0. The van der Waals surface area contributed by atoms with E-state index in [9.17, 15) is 0 Å². The monoisotopic (exact) mass is 235 g/mol. The summed E-state index contributed by atoms with van der Waals surface area (Å²) in [5.74, 6) is 0. The van der Waals surface area contributed by atoms with Gasteiger partial charge in [-0.15, -0.1) is 0 Å². The highest BCUT2D eigenvalue weighted by Gasteiger charge is 2.38. The Morgan fingerprint density at radius 1 is 1.29 bits per heavy atom. The number of nitriles is 1. The molecule has 2 rings (SSSR count). The lowest BCUT2D eigenvalue weighted by Gasteiger charge is -2.33. The van der Waals surface area contributed by atoms with Crippen LogP contribution in [0.25, 0.3) is 0 Å². The van der Waals surface area contributed by atoms with Gasteiger partial charge in [0.1, 0.15) is 0 Å². The largest absolute Gasteiger partial charge is 0.305 e. The van der Waals surface area contributed by atoms with Gasteiger partial charge in [-0.2, -0.15) is 5.26 Å². The van der Waals surface area contributed by atoms with Crippen LogP contribution >= 0.6 is 0 Å². The van der Waals surface area contributed by atoms with Crippen LogP contribution < -0.4 is 5.32 Å². The van der Waals surface area contributed by atoms with Gasteiger partial charge in [-0.3, -0.25) is 0 Å². The predicted octanol–water partition coefficient (Wildman–Crippen LogP) is 2.14. The Kier molecular flexibility index (Phi) is 4.42. The van der Waals surface area contributed by atoms with E-state index in [4.69, 9.17) is 5.26 Å². The van der Waals surface area contributed by atoms with Crippen molar-refractivity contribution in [3.63, 3.8) is 0 Å². The Labute approximate surface area is 105 Å². The zero-order chi connectivity index (χ0) is 12.1. The molecule has 0 aromatic rings. The Morgan fingerprint density at radius 3 is 2.71 bits per heavy atom.